The lowest BCUT2D eigenvalue weighted by atomic mass is 9.86. The van der Waals surface area contributed by atoms with Crippen LogP contribution in [0.2, 0.25) is 0 Å². The Hall–Kier alpha value is -0.760. The predicted molar refractivity (Wildman–Crippen MR) is 73.6 cm³/mol. The van der Waals surface area contributed by atoms with Gasteiger partial charge in [-0.3, -0.25) is 4.79 Å². The Labute approximate surface area is 102 Å². The molecule has 0 unspecified atom stereocenters. The number of benzene rings is 1. The van der Waals surface area contributed by atoms with E-state index in [1.807, 2.05) is 12.1 Å². The normalized spacial score (nSPS) is 11.9. The van der Waals surface area contributed by atoms with Gasteiger partial charge in [0.05, 0.1) is 12.5 Å². The van der Waals surface area contributed by atoms with Crippen molar-refractivity contribution >= 4 is 16.7 Å². The summed E-state index contributed by atoms with van der Waals surface area (Å²) in [5.41, 5.74) is 2.27. The van der Waals surface area contributed by atoms with Gasteiger partial charge in [0.2, 0.25) is 5.78 Å². The van der Waals surface area contributed by atoms with Crippen molar-refractivity contribution in [3.8, 4) is 0 Å². The highest BCUT2D eigenvalue weighted by Crippen LogP contribution is 2.22. The maximum Gasteiger partial charge on any atom is 0.211 e. The number of hydrogen-bond donors (Lipinski definition) is 0. The van der Waals surface area contributed by atoms with Gasteiger partial charge in [0.15, 0.2) is 5.75 Å². The molecule has 0 saturated carbocycles. The second-order valence-corrected chi connectivity index (χ2v) is 7.64. The molecule has 0 spiro atoms. The quantitative estimate of drug-likeness (QED) is 0.583. The first-order valence-electron chi connectivity index (χ1n) is 5.48. The highest BCUT2D eigenvalue weighted by Gasteiger charge is 2.16. The van der Waals surface area contributed by atoms with Crippen molar-refractivity contribution < 1.29 is 4.79 Å². The van der Waals surface area contributed by atoms with Crippen LogP contribution in [-0.2, 0) is 16.3 Å². The van der Waals surface area contributed by atoms with E-state index in [-0.39, 0.29) is 22.1 Å². The fourth-order valence-electron chi connectivity index (χ4n) is 1.50. The minimum atomic E-state index is 0.154. The van der Waals surface area contributed by atoms with Gasteiger partial charge >= 0.3 is 0 Å². The summed E-state index contributed by atoms with van der Waals surface area (Å²) in [5.74, 6) is 0.920. The van der Waals surface area contributed by atoms with E-state index in [0.717, 1.165) is 5.56 Å². The number of ketones is 1. The van der Waals surface area contributed by atoms with Crippen LogP contribution in [0.15, 0.2) is 24.3 Å². The molecule has 0 aliphatic heterocycles. The minimum absolute atomic E-state index is 0.154. The third-order valence-electron chi connectivity index (χ3n) is 2.49. The van der Waals surface area contributed by atoms with Crippen molar-refractivity contribution in [1.82, 2.24) is 0 Å². The highest BCUT2D eigenvalue weighted by atomic mass is 32.2. The number of carbonyl (C=O) groups is 1. The number of rotatable bonds is 3. The van der Waals surface area contributed by atoms with Gasteiger partial charge in [-0.05, 0) is 21.9 Å². The van der Waals surface area contributed by atoms with Crippen LogP contribution < -0.4 is 0 Å². The first-order chi connectivity index (χ1) is 7.30. The van der Waals surface area contributed by atoms with Gasteiger partial charge in [0, 0.05) is 5.56 Å². The van der Waals surface area contributed by atoms with Gasteiger partial charge < -0.3 is 0 Å². The van der Waals surface area contributed by atoms with Gasteiger partial charge in [-0.2, -0.15) is 0 Å². The number of hydrogen-bond acceptors (Lipinski definition) is 1. The molecule has 0 heterocycles. The molecular weight excluding hydrogens is 216 g/mol. The Bertz CT molecular complexity index is 357. The summed E-state index contributed by atoms with van der Waals surface area (Å²) in [6, 6.07) is 8.04. The molecule has 1 aromatic rings. The summed E-state index contributed by atoms with van der Waals surface area (Å²) in [5, 5.41) is 0. The third kappa shape index (κ3) is 3.67. The summed E-state index contributed by atoms with van der Waals surface area (Å²) in [4.78, 5) is 11.8. The summed E-state index contributed by atoms with van der Waals surface area (Å²) >= 11 is 0. The predicted octanol–water partition coefficient (Wildman–Crippen LogP) is 3.04. The highest BCUT2D eigenvalue weighted by molar-refractivity contribution is 7.96. The average Bonchev–Trinajstić information content (AvgIpc) is 2.15. The largest absolute Gasteiger partial charge is 0.289 e. The molecule has 0 radical (unpaired) electrons. The molecule has 0 aromatic heterocycles. The SMILES string of the molecule is C[S+](C)CC(=O)c1ccc(C(C)(C)C)cc1. The summed E-state index contributed by atoms with van der Waals surface area (Å²) in [6.45, 7) is 6.54. The van der Waals surface area contributed by atoms with Crippen LogP contribution in [0.1, 0.15) is 36.7 Å². The topological polar surface area (TPSA) is 17.1 Å². The molecule has 88 valence electrons. The molecule has 0 aliphatic rings. The molecular formula is C14H21OS+. The van der Waals surface area contributed by atoms with Gasteiger partial charge in [-0.15, -0.1) is 0 Å². The van der Waals surface area contributed by atoms with E-state index in [9.17, 15) is 4.79 Å². The van der Waals surface area contributed by atoms with Crippen molar-refractivity contribution in [3.63, 3.8) is 0 Å². The molecule has 1 nitrogen and oxygen atoms in total. The molecule has 0 bridgehead atoms. The second kappa shape index (κ2) is 5.05. The molecule has 1 aromatic carbocycles. The summed E-state index contributed by atoms with van der Waals surface area (Å²) < 4.78 is 0. The van der Waals surface area contributed by atoms with Gasteiger partial charge in [-0.1, -0.05) is 45.0 Å². The molecule has 2 heteroatoms. The second-order valence-electron chi connectivity index (χ2n) is 5.38. The fourth-order valence-corrected chi connectivity index (χ4v) is 2.19. The molecule has 1 rings (SSSR count). The summed E-state index contributed by atoms with van der Waals surface area (Å²) in [7, 11) is 0.182. The third-order valence-corrected chi connectivity index (χ3v) is 3.33. The zero-order valence-electron chi connectivity index (χ0n) is 10.8. The molecule has 16 heavy (non-hydrogen) atoms. The molecule has 0 atom stereocenters. The van der Waals surface area contributed by atoms with Gasteiger partial charge in [0.1, 0.15) is 0 Å². The maximum absolute atomic E-state index is 11.8. The fraction of sp³-hybridized carbons (Fsp3) is 0.500. The van der Waals surface area contributed by atoms with Gasteiger partial charge in [-0.25, -0.2) is 0 Å². The van der Waals surface area contributed by atoms with E-state index in [0.29, 0.717) is 5.75 Å². The van der Waals surface area contributed by atoms with Crippen LogP contribution in [0.4, 0.5) is 0 Å². The average molecular weight is 237 g/mol. The lowest BCUT2D eigenvalue weighted by molar-refractivity contribution is 0.102. The van der Waals surface area contributed by atoms with E-state index < -0.39 is 0 Å². The van der Waals surface area contributed by atoms with Crippen LogP contribution >= 0.6 is 0 Å². The molecule has 0 fully saturated rings. The maximum atomic E-state index is 11.8. The number of carbonyl (C=O) groups excluding carboxylic acids is 1. The van der Waals surface area contributed by atoms with Crippen molar-refractivity contribution in [2.75, 3.05) is 18.3 Å². The minimum Gasteiger partial charge on any atom is -0.289 e. The first kappa shape index (κ1) is 13.3. The van der Waals surface area contributed by atoms with Crippen molar-refractivity contribution in [2.45, 2.75) is 26.2 Å². The van der Waals surface area contributed by atoms with Crippen molar-refractivity contribution in [3.05, 3.63) is 35.4 Å². The Morgan fingerprint density at radius 3 is 2.00 bits per heavy atom. The van der Waals surface area contributed by atoms with Crippen molar-refractivity contribution in [2.24, 2.45) is 0 Å². The molecule has 0 N–H and O–H groups in total. The van der Waals surface area contributed by atoms with Gasteiger partial charge in [0.25, 0.3) is 0 Å². The van der Waals surface area contributed by atoms with Crippen LogP contribution in [0.25, 0.3) is 0 Å². The number of Topliss-reactive ketones (excluding diaryl/α,β-unsaturated/α-hetero) is 1. The molecule has 0 saturated heterocycles. The Morgan fingerprint density at radius 2 is 1.62 bits per heavy atom. The lowest BCUT2D eigenvalue weighted by Crippen LogP contribution is -2.15. The van der Waals surface area contributed by atoms with E-state index in [1.165, 1.54) is 5.56 Å². The zero-order chi connectivity index (χ0) is 12.3. The molecule has 0 amide bonds. The van der Waals surface area contributed by atoms with Crippen LogP contribution in [-0.4, -0.2) is 24.0 Å². The van der Waals surface area contributed by atoms with E-state index in [2.05, 4.69) is 45.4 Å². The van der Waals surface area contributed by atoms with E-state index >= 15 is 0 Å². The van der Waals surface area contributed by atoms with Crippen LogP contribution in [0, 0.1) is 0 Å². The molecule has 0 aliphatic carbocycles. The van der Waals surface area contributed by atoms with Crippen molar-refractivity contribution in [1.29, 1.82) is 0 Å². The Kier molecular flexibility index (Phi) is 4.20. The first-order valence-corrected chi connectivity index (χ1v) is 7.69. The summed E-state index contributed by atoms with van der Waals surface area (Å²) in [6.07, 6.45) is 4.20. The zero-order valence-corrected chi connectivity index (χ0v) is 11.6. The van der Waals surface area contributed by atoms with Crippen LogP contribution in [0.5, 0.6) is 0 Å². The Morgan fingerprint density at radius 1 is 1.12 bits per heavy atom. The lowest BCUT2D eigenvalue weighted by Gasteiger charge is -2.18. The Balaban J connectivity index is 2.83. The van der Waals surface area contributed by atoms with E-state index in [1.54, 1.807) is 0 Å². The van der Waals surface area contributed by atoms with Crippen LogP contribution in [0.3, 0.4) is 0 Å². The monoisotopic (exact) mass is 237 g/mol. The smallest absolute Gasteiger partial charge is 0.211 e. The van der Waals surface area contributed by atoms with E-state index in [4.69, 9.17) is 0 Å². The standard InChI is InChI=1S/C14H21OS/c1-14(2,3)12-8-6-11(7-9-12)13(15)10-16(4)5/h6-9H,10H2,1-5H3/q+1.